The molecule has 0 N–H and O–H groups in total. The number of rotatable bonds is 6. The summed E-state index contributed by atoms with van der Waals surface area (Å²) in [6, 6.07) is 42.4. The minimum absolute atomic E-state index is 0. The molecule has 0 aliphatic heterocycles. The molecule has 49 heavy (non-hydrogen) atoms. The number of hydrogen-bond acceptors (Lipinski definition) is 3. The third-order valence-corrected chi connectivity index (χ3v) is 13.5. The second-order valence-electron chi connectivity index (χ2n) is 13.6. The van der Waals surface area contributed by atoms with Crippen LogP contribution in [0.15, 0.2) is 126 Å². The molecular weight excluding hydrogens is 837 g/mol. The molecule has 4 aromatic carbocycles. The van der Waals surface area contributed by atoms with Crippen molar-refractivity contribution in [2.24, 2.45) is 5.92 Å². The molecule has 0 saturated heterocycles. The third-order valence-electron chi connectivity index (χ3n) is 9.25. The topological polar surface area (TPSA) is 38.9 Å². The Morgan fingerprint density at radius 2 is 1.61 bits per heavy atom. The van der Waals surface area contributed by atoms with Crippen molar-refractivity contribution < 1.29 is 30.0 Å². The van der Waals surface area contributed by atoms with Crippen LogP contribution in [0.2, 0.25) is 17.3 Å². The van der Waals surface area contributed by atoms with Crippen molar-refractivity contribution >= 4 is 39.6 Å². The summed E-state index contributed by atoms with van der Waals surface area (Å²) >= 11 is -1.72. The van der Waals surface area contributed by atoms with Gasteiger partial charge in [0, 0.05) is 37.2 Å². The molecule has 0 amide bonds. The molecule has 3 aromatic heterocycles. The Morgan fingerprint density at radius 3 is 2.33 bits per heavy atom. The van der Waals surface area contributed by atoms with E-state index >= 15 is 0 Å². The monoisotopic (exact) mass is 885 g/mol. The number of pyridine rings is 2. The van der Waals surface area contributed by atoms with Crippen molar-refractivity contribution in [3.8, 4) is 33.6 Å². The van der Waals surface area contributed by atoms with Crippen molar-refractivity contribution in [1.82, 2.24) is 9.97 Å². The largest absolute Gasteiger partial charge is 0 e. The van der Waals surface area contributed by atoms with E-state index in [4.69, 9.17) is 8.53 Å². The summed E-state index contributed by atoms with van der Waals surface area (Å²) in [5, 5.41) is 1.95. The van der Waals surface area contributed by atoms with Crippen LogP contribution in [0.5, 0.6) is 0 Å². The summed E-state index contributed by atoms with van der Waals surface area (Å²) in [4.78, 5) is 9.09. The van der Waals surface area contributed by atoms with Crippen molar-refractivity contribution in [2.45, 2.75) is 55.7 Å². The van der Waals surface area contributed by atoms with E-state index < -0.39 is 26.0 Å². The first-order valence-electron chi connectivity index (χ1n) is 18.8. The van der Waals surface area contributed by atoms with Crippen LogP contribution in [0.4, 0.5) is 0 Å². The molecular formula is C44H42GeIrN2O-2. The van der Waals surface area contributed by atoms with Gasteiger partial charge in [0.15, 0.2) is 0 Å². The smallest absolute Gasteiger partial charge is 0 e. The molecule has 3 nitrogen and oxygen atoms in total. The minimum Gasteiger partial charge on any atom is 0 e. The number of aromatic nitrogens is 2. The summed E-state index contributed by atoms with van der Waals surface area (Å²) in [7, 11) is 0. The fourth-order valence-electron chi connectivity index (χ4n) is 6.48. The first-order chi connectivity index (χ1) is 24.9. The zero-order valence-corrected chi connectivity index (χ0v) is 32.6. The fourth-order valence-corrected chi connectivity index (χ4v) is 8.65. The van der Waals surface area contributed by atoms with Gasteiger partial charge < -0.3 is 9.40 Å². The van der Waals surface area contributed by atoms with Crippen molar-refractivity contribution in [1.29, 1.82) is 0 Å². The van der Waals surface area contributed by atoms with Crippen molar-refractivity contribution in [3.63, 3.8) is 0 Å². The molecule has 8 rings (SSSR count). The Balaban J connectivity index is 0.000000238. The van der Waals surface area contributed by atoms with Crippen molar-refractivity contribution in [3.05, 3.63) is 139 Å². The third kappa shape index (κ3) is 7.83. The number of fused-ring (bicyclic) bond motifs is 3. The van der Waals surface area contributed by atoms with Gasteiger partial charge in [-0.3, -0.25) is 0 Å². The molecule has 1 unspecified atom stereocenters. The summed E-state index contributed by atoms with van der Waals surface area (Å²) in [6.07, 6.45) is 7.10. The van der Waals surface area contributed by atoms with Gasteiger partial charge in [-0.2, -0.15) is 0 Å². The van der Waals surface area contributed by atoms with Gasteiger partial charge >= 0.3 is 99.8 Å². The van der Waals surface area contributed by atoms with Gasteiger partial charge in [0.05, 0.1) is 5.58 Å². The van der Waals surface area contributed by atoms with E-state index in [9.17, 15) is 1.37 Å². The Labute approximate surface area is 312 Å². The number of benzene rings is 4. The number of furan rings is 1. The van der Waals surface area contributed by atoms with E-state index in [0.717, 1.165) is 64.4 Å². The Morgan fingerprint density at radius 1 is 0.796 bits per heavy atom. The fraction of sp³-hybridized carbons (Fsp3) is 0.227. The van der Waals surface area contributed by atoms with E-state index in [1.165, 1.54) is 4.40 Å². The molecule has 0 spiro atoms. The van der Waals surface area contributed by atoms with Gasteiger partial charge in [0.1, 0.15) is 5.58 Å². The molecule has 1 aliphatic rings. The maximum Gasteiger partial charge on any atom is 0 e. The van der Waals surface area contributed by atoms with Crippen LogP contribution < -0.4 is 4.40 Å². The molecule has 1 aliphatic carbocycles. The van der Waals surface area contributed by atoms with E-state index in [1.807, 2.05) is 66.9 Å². The Hall–Kier alpha value is -3.83. The van der Waals surface area contributed by atoms with Gasteiger partial charge in [-0.25, -0.2) is 0 Å². The van der Waals surface area contributed by atoms with E-state index in [-0.39, 0.29) is 26.0 Å². The molecule has 249 valence electrons. The average molecular weight is 884 g/mol. The predicted octanol–water partition coefficient (Wildman–Crippen LogP) is 11.5. The quantitative estimate of drug-likeness (QED) is 0.123. The SMILES string of the molecule is [2H]C([2H])([2H])C([2H])(c1ccnc(-c2[c-]ccc3c2oc2cc(-c4ccccc4)ccc23)c1)C1CCCC1.[CH3][Ge]([CH3])([CH3])[c]1ccc(-c2[c-]cccc2)nc1.[Ir]. The average Bonchev–Trinajstić information content (AvgIpc) is 3.84. The summed E-state index contributed by atoms with van der Waals surface area (Å²) in [5.74, 6) is 5.26. The number of nitrogens with zero attached hydrogens (tertiary/aromatic N) is 2. The summed E-state index contributed by atoms with van der Waals surface area (Å²) in [5.41, 5.74) is 7.41. The van der Waals surface area contributed by atoms with Crippen LogP contribution >= 0.6 is 0 Å². The van der Waals surface area contributed by atoms with Crippen LogP contribution in [0.1, 0.15) is 49.5 Å². The van der Waals surface area contributed by atoms with Gasteiger partial charge in [-0.05, 0) is 53.6 Å². The zero-order valence-electron chi connectivity index (χ0n) is 32.1. The first-order valence-corrected chi connectivity index (χ1v) is 24.1. The van der Waals surface area contributed by atoms with Crippen molar-refractivity contribution in [2.75, 3.05) is 0 Å². The second-order valence-corrected chi connectivity index (χ2v) is 24.2. The first kappa shape index (κ1) is 30.0. The molecule has 1 fully saturated rings. The molecule has 1 atom stereocenters. The van der Waals surface area contributed by atoms with Crippen LogP contribution in [-0.4, -0.2) is 23.2 Å². The maximum atomic E-state index is 9.20. The molecule has 5 heteroatoms. The molecule has 1 saturated carbocycles. The van der Waals surface area contributed by atoms with Gasteiger partial charge in [-0.1, -0.05) is 84.7 Å². The van der Waals surface area contributed by atoms with Gasteiger partial charge in [0.2, 0.25) is 0 Å². The maximum absolute atomic E-state index is 9.20. The van der Waals surface area contributed by atoms with Crippen LogP contribution in [0.25, 0.3) is 55.6 Å². The standard InChI is InChI=1S/C30H26NO.C14H16GeN.Ir/c1-20(21-8-5-6-9-21)23-16-17-31-28(18-23)27-13-7-12-26-25-15-14-24(19-29(25)32-30(26)27)22-10-3-2-4-11-22;1-15(2,3)13-9-10-14(16-11-13)12-7-5-4-6-8-12;/h2-4,7,10-12,14-21H,5-6,8-9H2,1H3;4-7,9-11H,1-3H3;/q2*-1;/i1D3,20D;;. The summed E-state index contributed by atoms with van der Waals surface area (Å²) in [6.45, 7) is -2.44. The van der Waals surface area contributed by atoms with E-state index in [0.29, 0.717) is 22.4 Å². The molecule has 0 bridgehead atoms. The van der Waals surface area contributed by atoms with Crippen LogP contribution in [0.3, 0.4) is 0 Å². The Kier molecular flexibility index (Phi) is 9.43. The van der Waals surface area contributed by atoms with Gasteiger partial charge in [-0.15, -0.1) is 18.2 Å². The van der Waals surface area contributed by atoms with Crippen LogP contribution in [-0.2, 0) is 20.1 Å². The molecule has 1 radical (unpaired) electrons. The summed E-state index contributed by atoms with van der Waals surface area (Å²) < 4.78 is 41.8. The predicted molar refractivity (Wildman–Crippen MR) is 203 cm³/mol. The molecule has 7 aromatic rings. The van der Waals surface area contributed by atoms with Crippen LogP contribution in [0, 0.1) is 18.1 Å². The zero-order chi connectivity index (χ0) is 36.5. The Bertz CT molecular complexity index is 2300. The number of hydrogen-bond donors (Lipinski definition) is 0. The van der Waals surface area contributed by atoms with E-state index in [1.54, 1.807) is 18.3 Å². The molecule has 3 heterocycles. The van der Waals surface area contributed by atoms with Gasteiger partial charge in [0.25, 0.3) is 0 Å². The minimum atomic E-state index is -2.44. The second kappa shape index (κ2) is 15.4. The van der Waals surface area contributed by atoms with E-state index in [2.05, 4.69) is 75.8 Å². The normalized spacial score (nSPS) is 16.0.